The lowest BCUT2D eigenvalue weighted by Crippen LogP contribution is -2.45. The molecule has 0 spiro atoms. The van der Waals surface area contributed by atoms with Crippen molar-refractivity contribution >= 4 is 5.97 Å². The standard InChI is InChI=1S/C23H25FN2O3/c1-2-18-5-8-20(25-16-18)11-14-29-21-9-6-19(7-10-21)15-23(17-24,22(27)28)26-12-3-4-13-26/h3-10,12-13,16H,2,11,14-15,17H2,1H3,(H,27,28)/t23-/m0/s1. The molecule has 152 valence electrons. The van der Waals surface area contributed by atoms with Crippen LogP contribution in [0.15, 0.2) is 67.1 Å². The molecular weight excluding hydrogens is 371 g/mol. The van der Waals surface area contributed by atoms with Crippen molar-refractivity contribution < 1.29 is 19.0 Å². The topological polar surface area (TPSA) is 64.3 Å². The molecule has 2 aromatic heterocycles. The zero-order valence-electron chi connectivity index (χ0n) is 16.4. The van der Waals surface area contributed by atoms with E-state index in [2.05, 4.69) is 18.0 Å². The Morgan fingerprint density at radius 3 is 2.38 bits per heavy atom. The second-order valence-corrected chi connectivity index (χ2v) is 6.99. The van der Waals surface area contributed by atoms with Gasteiger partial charge in [0.1, 0.15) is 12.4 Å². The number of carbonyl (C=O) groups is 1. The molecule has 1 aromatic carbocycles. The minimum Gasteiger partial charge on any atom is -0.493 e. The smallest absolute Gasteiger partial charge is 0.332 e. The van der Waals surface area contributed by atoms with Crippen molar-refractivity contribution in [2.24, 2.45) is 0 Å². The van der Waals surface area contributed by atoms with E-state index in [1.165, 1.54) is 10.1 Å². The fourth-order valence-electron chi connectivity index (χ4n) is 3.20. The maximum Gasteiger partial charge on any atom is 0.332 e. The van der Waals surface area contributed by atoms with Crippen LogP contribution in [-0.4, -0.2) is 33.9 Å². The van der Waals surface area contributed by atoms with Gasteiger partial charge < -0.3 is 14.4 Å². The van der Waals surface area contributed by atoms with Gasteiger partial charge in [-0.2, -0.15) is 0 Å². The number of rotatable bonds is 10. The lowest BCUT2D eigenvalue weighted by molar-refractivity contribution is -0.148. The van der Waals surface area contributed by atoms with Crippen molar-refractivity contribution in [3.63, 3.8) is 0 Å². The van der Waals surface area contributed by atoms with Crippen LogP contribution in [0.25, 0.3) is 0 Å². The number of aryl methyl sites for hydroxylation is 1. The Bertz CT molecular complexity index is 908. The first-order valence-electron chi connectivity index (χ1n) is 9.66. The van der Waals surface area contributed by atoms with Crippen molar-refractivity contribution in [2.75, 3.05) is 13.3 Å². The molecule has 5 nitrogen and oxygen atoms in total. The molecule has 0 saturated heterocycles. The van der Waals surface area contributed by atoms with E-state index in [-0.39, 0.29) is 6.42 Å². The highest BCUT2D eigenvalue weighted by atomic mass is 19.1. The second-order valence-electron chi connectivity index (χ2n) is 6.99. The summed E-state index contributed by atoms with van der Waals surface area (Å²) in [5.74, 6) is -0.515. The maximum atomic E-state index is 13.8. The first-order chi connectivity index (χ1) is 14.1. The summed E-state index contributed by atoms with van der Waals surface area (Å²) in [6.07, 6.45) is 6.74. The highest BCUT2D eigenvalue weighted by Gasteiger charge is 2.40. The van der Waals surface area contributed by atoms with Crippen LogP contribution in [0.2, 0.25) is 0 Å². The number of hydrogen-bond donors (Lipinski definition) is 1. The van der Waals surface area contributed by atoms with E-state index in [0.29, 0.717) is 18.8 Å². The summed E-state index contributed by atoms with van der Waals surface area (Å²) in [5, 5.41) is 9.68. The SMILES string of the molecule is CCc1ccc(CCOc2ccc(C[C@](CF)(C(=O)O)n3cccc3)cc2)nc1. The number of carboxylic acid groups (broad SMARTS) is 1. The summed E-state index contributed by atoms with van der Waals surface area (Å²) in [5.41, 5.74) is 1.25. The fraction of sp³-hybridized carbons (Fsp3) is 0.304. The van der Waals surface area contributed by atoms with Crippen LogP contribution in [0, 0.1) is 0 Å². The van der Waals surface area contributed by atoms with Crippen LogP contribution in [0.4, 0.5) is 4.39 Å². The number of aromatic nitrogens is 2. The van der Waals surface area contributed by atoms with Gasteiger partial charge in [-0.3, -0.25) is 4.98 Å². The van der Waals surface area contributed by atoms with E-state index < -0.39 is 18.2 Å². The van der Waals surface area contributed by atoms with Gasteiger partial charge in [0.2, 0.25) is 0 Å². The Kier molecular flexibility index (Phi) is 6.65. The molecule has 29 heavy (non-hydrogen) atoms. The zero-order chi connectivity index (χ0) is 20.7. The molecular formula is C23H25FN2O3. The lowest BCUT2D eigenvalue weighted by Gasteiger charge is -2.28. The van der Waals surface area contributed by atoms with Crippen LogP contribution in [-0.2, 0) is 29.6 Å². The van der Waals surface area contributed by atoms with Crippen molar-refractivity contribution in [2.45, 2.75) is 31.7 Å². The largest absolute Gasteiger partial charge is 0.493 e. The Morgan fingerprint density at radius 1 is 1.14 bits per heavy atom. The number of hydrogen-bond acceptors (Lipinski definition) is 3. The average molecular weight is 396 g/mol. The van der Waals surface area contributed by atoms with Crippen molar-refractivity contribution in [1.82, 2.24) is 9.55 Å². The van der Waals surface area contributed by atoms with E-state index in [9.17, 15) is 14.3 Å². The number of halogens is 1. The molecule has 0 fully saturated rings. The molecule has 0 unspecified atom stereocenters. The number of pyridine rings is 1. The predicted octanol–water partition coefficient (Wildman–Crippen LogP) is 4.06. The molecule has 0 radical (unpaired) electrons. The van der Waals surface area contributed by atoms with Gasteiger partial charge in [-0.25, -0.2) is 9.18 Å². The minimum atomic E-state index is -1.65. The van der Waals surface area contributed by atoms with Gasteiger partial charge in [0.15, 0.2) is 5.54 Å². The zero-order valence-corrected chi connectivity index (χ0v) is 16.4. The van der Waals surface area contributed by atoms with E-state index in [1.54, 1.807) is 48.8 Å². The highest BCUT2D eigenvalue weighted by molar-refractivity contribution is 5.77. The number of nitrogens with zero attached hydrogens (tertiary/aromatic N) is 2. The van der Waals surface area contributed by atoms with Gasteiger partial charge in [0.25, 0.3) is 0 Å². The van der Waals surface area contributed by atoms with Gasteiger partial charge in [0.05, 0.1) is 6.61 Å². The van der Waals surface area contributed by atoms with Gasteiger partial charge in [-0.15, -0.1) is 0 Å². The highest BCUT2D eigenvalue weighted by Crippen LogP contribution is 2.25. The molecule has 0 bridgehead atoms. The second kappa shape index (κ2) is 9.37. The van der Waals surface area contributed by atoms with Crippen LogP contribution >= 0.6 is 0 Å². The Balaban J connectivity index is 1.61. The van der Waals surface area contributed by atoms with Crippen LogP contribution < -0.4 is 4.74 Å². The third kappa shape index (κ3) is 4.83. The molecule has 0 aliphatic heterocycles. The molecule has 0 aliphatic carbocycles. The number of benzene rings is 1. The molecule has 1 atom stereocenters. The summed E-state index contributed by atoms with van der Waals surface area (Å²) in [4.78, 5) is 16.3. The number of aliphatic carboxylic acids is 1. The molecule has 0 saturated carbocycles. The van der Waals surface area contributed by atoms with E-state index >= 15 is 0 Å². The number of ether oxygens (including phenoxy) is 1. The van der Waals surface area contributed by atoms with Crippen LogP contribution in [0.1, 0.15) is 23.7 Å². The average Bonchev–Trinajstić information content (AvgIpc) is 3.29. The third-order valence-electron chi connectivity index (χ3n) is 5.06. The maximum absolute atomic E-state index is 13.8. The van der Waals surface area contributed by atoms with Crippen LogP contribution in [0.3, 0.4) is 0 Å². The summed E-state index contributed by atoms with van der Waals surface area (Å²) in [6, 6.07) is 14.6. The summed E-state index contributed by atoms with van der Waals surface area (Å²) >= 11 is 0. The Labute approximate surface area is 169 Å². The third-order valence-corrected chi connectivity index (χ3v) is 5.06. The summed E-state index contributed by atoms with van der Waals surface area (Å²) in [7, 11) is 0. The molecule has 6 heteroatoms. The van der Waals surface area contributed by atoms with E-state index in [1.807, 2.05) is 12.3 Å². The van der Waals surface area contributed by atoms with Crippen LogP contribution in [0.5, 0.6) is 5.75 Å². The van der Waals surface area contributed by atoms with Crippen molar-refractivity contribution in [1.29, 1.82) is 0 Å². The molecule has 0 amide bonds. The van der Waals surface area contributed by atoms with Gasteiger partial charge in [-0.05, 0) is 47.9 Å². The summed E-state index contributed by atoms with van der Waals surface area (Å²) in [6.45, 7) is 1.58. The minimum absolute atomic E-state index is 0.0431. The number of carboxylic acids is 1. The fourth-order valence-corrected chi connectivity index (χ4v) is 3.20. The molecule has 3 rings (SSSR count). The summed E-state index contributed by atoms with van der Waals surface area (Å²) < 4.78 is 21.0. The monoisotopic (exact) mass is 396 g/mol. The Hall–Kier alpha value is -3.15. The molecule has 3 aromatic rings. The first kappa shape index (κ1) is 20.6. The molecule has 2 heterocycles. The first-order valence-corrected chi connectivity index (χ1v) is 9.66. The van der Waals surface area contributed by atoms with Crippen molar-refractivity contribution in [3.8, 4) is 5.75 Å². The predicted molar refractivity (Wildman–Crippen MR) is 109 cm³/mol. The number of alkyl halides is 1. The Morgan fingerprint density at radius 2 is 1.83 bits per heavy atom. The molecule has 1 N–H and O–H groups in total. The van der Waals surface area contributed by atoms with Gasteiger partial charge in [0, 0.05) is 37.1 Å². The normalized spacial score (nSPS) is 13.0. The molecule has 0 aliphatic rings. The van der Waals surface area contributed by atoms with Gasteiger partial charge >= 0.3 is 5.97 Å². The van der Waals surface area contributed by atoms with Crippen molar-refractivity contribution in [3.05, 3.63) is 83.9 Å². The van der Waals surface area contributed by atoms with E-state index in [0.717, 1.165) is 17.7 Å². The van der Waals surface area contributed by atoms with E-state index in [4.69, 9.17) is 4.74 Å². The van der Waals surface area contributed by atoms with Gasteiger partial charge in [-0.1, -0.05) is 25.1 Å². The quantitative estimate of drug-likeness (QED) is 0.561. The lowest BCUT2D eigenvalue weighted by atomic mass is 9.91.